The van der Waals surface area contributed by atoms with Crippen LogP contribution in [0.15, 0.2) is 24.5 Å². The molecule has 0 unspecified atom stereocenters. The molecular formula is C14H16ClFN4. The van der Waals surface area contributed by atoms with Gasteiger partial charge < -0.3 is 10.6 Å². The lowest BCUT2D eigenvalue weighted by molar-refractivity contribution is 0.629. The minimum atomic E-state index is -0.467. The van der Waals surface area contributed by atoms with E-state index in [1.54, 1.807) is 13.1 Å². The highest BCUT2D eigenvalue weighted by Crippen LogP contribution is 2.30. The normalized spacial score (nSPS) is 10.7. The summed E-state index contributed by atoms with van der Waals surface area (Å²) in [7, 11) is 1.81. The summed E-state index contributed by atoms with van der Waals surface area (Å²) < 4.78 is 13.5. The molecular weight excluding hydrogens is 279 g/mol. The Hall–Kier alpha value is -1.88. The zero-order valence-electron chi connectivity index (χ0n) is 11.5. The van der Waals surface area contributed by atoms with E-state index in [1.807, 2.05) is 13.8 Å². The van der Waals surface area contributed by atoms with Crippen LogP contribution in [0.4, 0.5) is 21.7 Å². The van der Waals surface area contributed by atoms with Crippen molar-refractivity contribution in [1.29, 1.82) is 0 Å². The Balaban J connectivity index is 2.40. The van der Waals surface area contributed by atoms with Gasteiger partial charge in [0.2, 0.25) is 0 Å². The van der Waals surface area contributed by atoms with Crippen LogP contribution in [0.1, 0.15) is 25.3 Å². The molecule has 2 aromatic rings. The molecule has 0 aliphatic rings. The maximum atomic E-state index is 13.5. The van der Waals surface area contributed by atoms with Crippen LogP contribution in [0.3, 0.4) is 0 Å². The predicted octanol–water partition coefficient (Wildman–Crippen LogP) is 4.18. The van der Waals surface area contributed by atoms with Gasteiger partial charge in [0.15, 0.2) is 0 Å². The lowest BCUT2D eigenvalue weighted by atomic mass is 10.0. The highest BCUT2D eigenvalue weighted by Gasteiger charge is 2.14. The highest BCUT2D eigenvalue weighted by molar-refractivity contribution is 6.30. The number of halogens is 2. The van der Waals surface area contributed by atoms with Gasteiger partial charge in [-0.1, -0.05) is 25.4 Å². The Kier molecular flexibility index (Phi) is 4.39. The molecule has 0 spiro atoms. The van der Waals surface area contributed by atoms with Gasteiger partial charge in [0.25, 0.3) is 0 Å². The Morgan fingerprint density at radius 1 is 1.20 bits per heavy atom. The molecule has 0 radical (unpaired) electrons. The van der Waals surface area contributed by atoms with Crippen molar-refractivity contribution in [2.75, 3.05) is 17.7 Å². The zero-order chi connectivity index (χ0) is 14.7. The fraction of sp³-hybridized carbons (Fsp3) is 0.286. The summed E-state index contributed by atoms with van der Waals surface area (Å²) >= 11 is 5.67. The number of hydrogen-bond acceptors (Lipinski definition) is 4. The van der Waals surface area contributed by atoms with Gasteiger partial charge in [0.05, 0.1) is 5.02 Å². The number of benzene rings is 1. The molecule has 1 aromatic heterocycles. The van der Waals surface area contributed by atoms with Crippen LogP contribution in [0.25, 0.3) is 0 Å². The minimum absolute atomic E-state index is 0.0956. The van der Waals surface area contributed by atoms with Gasteiger partial charge in [-0.2, -0.15) is 0 Å². The van der Waals surface area contributed by atoms with Crippen LogP contribution in [-0.4, -0.2) is 17.0 Å². The standard InChI is InChI=1S/C14H16ClFN4/c1-8(2)12-13(17-3)18-7-19-14(12)20-9-4-5-10(15)11(16)6-9/h4-8H,1-3H3,(H2,17,18,19,20). The van der Waals surface area contributed by atoms with Crippen LogP contribution in [-0.2, 0) is 0 Å². The van der Waals surface area contributed by atoms with Crippen molar-refractivity contribution in [3.8, 4) is 0 Å². The molecule has 2 N–H and O–H groups in total. The van der Waals surface area contributed by atoms with Crippen molar-refractivity contribution in [3.05, 3.63) is 40.9 Å². The molecule has 2 rings (SSSR count). The summed E-state index contributed by atoms with van der Waals surface area (Å²) in [6.07, 6.45) is 1.46. The molecule has 0 bridgehead atoms. The first-order chi connectivity index (χ1) is 9.52. The van der Waals surface area contributed by atoms with E-state index in [0.717, 1.165) is 11.4 Å². The molecule has 0 aliphatic carbocycles. The average Bonchev–Trinajstić information content (AvgIpc) is 2.42. The van der Waals surface area contributed by atoms with E-state index in [4.69, 9.17) is 11.6 Å². The quantitative estimate of drug-likeness (QED) is 0.888. The third-order valence-corrected chi connectivity index (χ3v) is 3.19. The maximum Gasteiger partial charge on any atom is 0.143 e. The molecule has 0 atom stereocenters. The van der Waals surface area contributed by atoms with Gasteiger partial charge in [0.1, 0.15) is 23.8 Å². The largest absolute Gasteiger partial charge is 0.373 e. The molecule has 1 heterocycles. The Morgan fingerprint density at radius 3 is 2.50 bits per heavy atom. The lowest BCUT2D eigenvalue weighted by Crippen LogP contribution is -2.07. The van der Waals surface area contributed by atoms with Gasteiger partial charge in [0, 0.05) is 18.3 Å². The number of nitrogens with one attached hydrogen (secondary N) is 2. The van der Waals surface area contributed by atoms with Crippen molar-refractivity contribution < 1.29 is 4.39 Å². The SMILES string of the molecule is CNc1ncnc(Nc2ccc(Cl)c(F)c2)c1C(C)C. The van der Waals surface area contributed by atoms with Crippen LogP contribution >= 0.6 is 11.6 Å². The number of hydrogen-bond donors (Lipinski definition) is 2. The first-order valence-electron chi connectivity index (χ1n) is 6.27. The van der Waals surface area contributed by atoms with E-state index in [1.165, 1.54) is 18.5 Å². The molecule has 0 saturated carbocycles. The molecule has 6 heteroatoms. The van der Waals surface area contributed by atoms with Crippen molar-refractivity contribution >= 4 is 28.9 Å². The van der Waals surface area contributed by atoms with Crippen LogP contribution < -0.4 is 10.6 Å². The minimum Gasteiger partial charge on any atom is -0.373 e. The average molecular weight is 295 g/mol. The van der Waals surface area contributed by atoms with E-state index < -0.39 is 5.82 Å². The van der Waals surface area contributed by atoms with Crippen LogP contribution in [0, 0.1) is 5.82 Å². The summed E-state index contributed by atoms with van der Waals surface area (Å²) in [5.41, 5.74) is 1.54. The number of anilines is 3. The summed E-state index contributed by atoms with van der Waals surface area (Å²) in [6, 6.07) is 4.55. The summed E-state index contributed by atoms with van der Waals surface area (Å²) in [4.78, 5) is 8.43. The second-order valence-corrected chi connectivity index (χ2v) is 5.05. The lowest BCUT2D eigenvalue weighted by Gasteiger charge is -2.16. The van der Waals surface area contributed by atoms with Gasteiger partial charge in [-0.25, -0.2) is 14.4 Å². The topological polar surface area (TPSA) is 49.8 Å². The van der Waals surface area contributed by atoms with Crippen LogP contribution in [0.2, 0.25) is 5.02 Å². The van der Waals surface area contributed by atoms with E-state index in [0.29, 0.717) is 11.5 Å². The van der Waals surface area contributed by atoms with Crippen molar-refractivity contribution in [2.45, 2.75) is 19.8 Å². The molecule has 0 aliphatic heterocycles. The summed E-state index contributed by atoms with van der Waals surface area (Å²) in [5.74, 6) is 1.16. The van der Waals surface area contributed by atoms with Gasteiger partial charge in [-0.05, 0) is 24.1 Å². The number of rotatable bonds is 4. The van der Waals surface area contributed by atoms with Gasteiger partial charge in [-0.15, -0.1) is 0 Å². The van der Waals surface area contributed by atoms with E-state index >= 15 is 0 Å². The third kappa shape index (κ3) is 2.99. The molecule has 4 nitrogen and oxygen atoms in total. The third-order valence-electron chi connectivity index (χ3n) is 2.88. The van der Waals surface area contributed by atoms with Crippen LogP contribution in [0.5, 0.6) is 0 Å². The highest BCUT2D eigenvalue weighted by atomic mass is 35.5. The number of nitrogens with zero attached hydrogens (tertiary/aromatic N) is 2. The van der Waals surface area contributed by atoms with E-state index in [-0.39, 0.29) is 10.9 Å². The Bertz CT molecular complexity index is 616. The number of aromatic nitrogens is 2. The Morgan fingerprint density at radius 2 is 1.90 bits per heavy atom. The predicted molar refractivity (Wildman–Crippen MR) is 80.4 cm³/mol. The smallest absolute Gasteiger partial charge is 0.143 e. The maximum absolute atomic E-state index is 13.5. The van der Waals surface area contributed by atoms with E-state index in [2.05, 4.69) is 20.6 Å². The second-order valence-electron chi connectivity index (χ2n) is 4.64. The Labute approximate surface area is 122 Å². The van der Waals surface area contributed by atoms with E-state index in [9.17, 15) is 4.39 Å². The molecule has 0 amide bonds. The molecule has 20 heavy (non-hydrogen) atoms. The summed E-state index contributed by atoms with van der Waals surface area (Å²) in [6.45, 7) is 4.10. The fourth-order valence-electron chi connectivity index (χ4n) is 1.95. The second kappa shape index (κ2) is 6.05. The van der Waals surface area contributed by atoms with Crippen molar-refractivity contribution in [1.82, 2.24) is 9.97 Å². The van der Waals surface area contributed by atoms with Crippen molar-refractivity contribution in [2.24, 2.45) is 0 Å². The van der Waals surface area contributed by atoms with Gasteiger partial charge >= 0.3 is 0 Å². The van der Waals surface area contributed by atoms with Crippen molar-refractivity contribution in [3.63, 3.8) is 0 Å². The fourth-order valence-corrected chi connectivity index (χ4v) is 2.07. The zero-order valence-corrected chi connectivity index (χ0v) is 12.3. The monoisotopic (exact) mass is 294 g/mol. The van der Waals surface area contributed by atoms with Gasteiger partial charge in [-0.3, -0.25) is 0 Å². The molecule has 106 valence electrons. The summed E-state index contributed by atoms with van der Waals surface area (Å²) in [5, 5.41) is 6.24. The molecule has 0 fully saturated rings. The molecule has 0 saturated heterocycles. The first kappa shape index (κ1) is 14.5. The first-order valence-corrected chi connectivity index (χ1v) is 6.65. The molecule has 1 aromatic carbocycles.